The third-order valence-corrected chi connectivity index (χ3v) is 4.68. The number of ether oxygens (including phenoxy) is 1. The van der Waals surface area contributed by atoms with Crippen molar-refractivity contribution in [2.75, 3.05) is 12.4 Å². The Morgan fingerprint density at radius 2 is 2.00 bits per heavy atom. The lowest BCUT2D eigenvalue weighted by Gasteiger charge is -2.17. The van der Waals surface area contributed by atoms with Gasteiger partial charge in [0.2, 0.25) is 17.6 Å². The smallest absolute Gasteiger partial charge is 0.316 e. The Morgan fingerprint density at radius 1 is 1.16 bits per heavy atom. The van der Waals surface area contributed by atoms with Gasteiger partial charge in [-0.3, -0.25) is 4.79 Å². The molecule has 4 rings (SSSR count). The lowest BCUT2D eigenvalue weighted by molar-refractivity contribution is 0.402. The summed E-state index contributed by atoms with van der Waals surface area (Å²) in [7, 11) is 1.36. The monoisotopic (exact) mass is 424 g/mol. The van der Waals surface area contributed by atoms with Crippen LogP contribution in [0, 0.1) is 18.6 Å². The molecule has 158 valence electrons. The largest absolute Gasteiger partial charge is 0.490 e. The molecule has 4 aromatic rings. The van der Waals surface area contributed by atoms with Crippen LogP contribution in [-0.2, 0) is 6.54 Å². The van der Waals surface area contributed by atoms with Crippen LogP contribution in [0.3, 0.4) is 0 Å². The molecule has 0 unspecified atom stereocenters. The summed E-state index contributed by atoms with van der Waals surface area (Å²) in [5, 5.41) is 3.14. The summed E-state index contributed by atoms with van der Waals surface area (Å²) in [6.07, 6.45) is 4.49. The number of halogens is 2. The van der Waals surface area contributed by atoms with Crippen molar-refractivity contribution in [1.82, 2.24) is 14.5 Å². The number of hydrogen-bond donors (Lipinski definition) is 1. The molecule has 0 amide bonds. The predicted octanol–water partition coefficient (Wildman–Crippen LogP) is 4.29. The number of aromatic nitrogens is 3. The Bertz CT molecular complexity index is 1290. The highest BCUT2D eigenvalue weighted by molar-refractivity contribution is 5.67. The third-order valence-electron chi connectivity index (χ3n) is 4.68. The summed E-state index contributed by atoms with van der Waals surface area (Å²) in [4.78, 5) is 20.5. The Labute approximate surface area is 176 Å². The van der Waals surface area contributed by atoms with E-state index in [0.717, 1.165) is 23.3 Å². The van der Waals surface area contributed by atoms with Gasteiger partial charge in [-0.05, 0) is 42.3 Å². The zero-order chi connectivity index (χ0) is 22.0. The first-order valence-corrected chi connectivity index (χ1v) is 9.31. The van der Waals surface area contributed by atoms with Gasteiger partial charge in [-0.2, -0.15) is 4.98 Å². The third kappa shape index (κ3) is 4.30. The highest BCUT2D eigenvalue weighted by Gasteiger charge is 2.13. The van der Waals surface area contributed by atoms with Crippen LogP contribution < -0.4 is 15.6 Å². The first-order valence-electron chi connectivity index (χ1n) is 9.31. The van der Waals surface area contributed by atoms with Gasteiger partial charge in [-0.25, -0.2) is 13.8 Å². The van der Waals surface area contributed by atoms with Crippen molar-refractivity contribution in [1.29, 1.82) is 0 Å². The van der Waals surface area contributed by atoms with Crippen molar-refractivity contribution in [2.45, 2.75) is 13.5 Å². The molecule has 31 heavy (non-hydrogen) atoms. The van der Waals surface area contributed by atoms with E-state index >= 15 is 0 Å². The minimum absolute atomic E-state index is 0.0263. The Kier molecular flexibility index (Phi) is 5.48. The maximum absolute atomic E-state index is 13.7. The minimum atomic E-state index is -0.956. The SMILES string of the molecule is COc1cn(Cc2ccc(F)c(F)c2)c(Nc2cc(-c3ncco3)ccc2C)nc1=O. The van der Waals surface area contributed by atoms with Crippen LogP contribution in [0.5, 0.6) is 5.75 Å². The molecular weight excluding hydrogens is 406 g/mol. The van der Waals surface area contributed by atoms with Crippen LogP contribution in [0.25, 0.3) is 11.5 Å². The predicted molar refractivity (Wildman–Crippen MR) is 110 cm³/mol. The second-order valence-corrected chi connectivity index (χ2v) is 6.81. The summed E-state index contributed by atoms with van der Waals surface area (Å²) >= 11 is 0. The molecule has 0 fully saturated rings. The van der Waals surface area contributed by atoms with Crippen molar-refractivity contribution >= 4 is 11.6 Å². The van der Waals surface area contributed by atoms with Gasteiger partial charge in [0.05, 0.1) is 26.0 Å². The molecule has 0 aliphatic heterocycles. The molecule has 2 aromatic heterocycles. The zero-order valence-electron chi connectivity index (χ0n) is 16.7. The van der Waals surface area contributed by atoms with Crippen molar-refractivity contribution in [3.63, 3.8) is 0 Å². The normalized spacial score (nSPS) is 10.8. The van der Waals surface area contributed by atoms with E-state index in [-0.39, 0.29) is 18.2 Å². The quantitative estimate of drug-likeness (QED) is 0.497. The Balaban J connectivity index is 1.74. The standard InChI is InChI=1S/C22H18F2N4O3/c1-13-3-5-15(21-25-7-8-31-21)10-18(13)26-22-27-20(29)19(30-2)12-28(22)11-14-4-6-16(23)17(24)9-14/h3-10,12H,11H2,1-2H3,(H,26,27,29). The number of oxazole rings is 1. The molecule has 2 aromatic carbocycles. The second kappa shape index (κ2) is 8.39. The van der Waals surface area contributed by atoms with Crippen molar-refractivity contribution in [3.8, 4) is 17.2 Å². The van der Waals surface area contributed by atoms with Crippen LogP contribution in [-0.4, -0.2) is 21.6 Å². The molecule has 0 atom stereocenters. The van der Waals surface area contributed by atoms with E-state index in [2.05, 4.69) is 15.3 Å². The number of hydrogen-bond acceptors (Lipinski definition) is 6. The maximum atomic E-state index is 13.7. The van der Waals surface area contributed by atoms with E-state index in [0.29, 0.717) is 17.1 Å². The van der Waals surface area contributed by atoms with Crippen LogP contribution in [0.2, 0.25) is 0 Å². The van der Waals surface area contributed by atoms with Crippen molar-refractivity contribution in [2.24, 2.45) is 0 Å². The molecule has 0 saturated carbocycles. The van der Waals surface area contributed by atoms with E-state index in [9.17, 15) is 13.6 Å². The number of methoxy groups -OCH3 is 1. The molecule has 0 aliphatic carbocycles. The lowest BCUT2D eigenvalue weighted by Crippen LogP contribution is -2.19. The molecule has 0 radical (unpaired) electrons. The maximum Gasteiger partial charge on any atom is 0.316 e. The molecule has 0 bridgehead atoms. The van der Waals surface area contributed by atoms with E-state index < -0.39 is 17.2 Å². The molecule has 7 nitrogen and oxygen atoms in total. The van der Waals surface area contributed by atoms with E-state index in [4.69, 9.17) is 9.15 Å². The van der Waals surface area contributed by atoms with Crippen LogP contribution in [0.15, 0.2) is 64.3 Å². The zero-order valence-corrected chi connectivity index (χ0v) is 16.7. The van der Waals surface area contributed by atoms with Gasteiger partial charge in [0.1, 0.15) is 6.26 Å². The average molecular weight is 424 g/mol. The van der Waals surface area contributed by atoms with Gasteiger partial charge in [-0.15, -0.1) is 0 Å². The second-order valence-electron chi connectivity index (χ2n) is 6.81. The first-order chi connectivity index (χ1) is 14.9. The van der Waals surface area contributed by atoms with Crippen molar-refractivity contribution < 1.29 is 17.9 Å². The minimum Gasteiger partial charge on any atom is -0.490 e. The van der Waals surface area contributed by atoms with E-state index in [1.807, 2.05) is 25.1 Å². The summed E-state index contributed by atoms with van der Waals surface area (Å²) in [5.41, 5.74) is 2.22. The Morgan fingerprint density at radius 3 is 2.71 bits per heavy atom. The summed E-state index contributed by atoms with van der Waals surface area (Å²) < 4.78 is 39.0. The van der Waals surface area contributed by atoms with Gasteiger partial charge >= 0.3 is 5.56 Å². The lowest BCUT2D eigenvalue weighted by atomic mass is 10.1. The molecule has 2 heterocycles. The molecule has 0 saturated heterocycles. The highest BCUT2D eigenvalue weighted by Crippen LogP contribution is 2.27. The average Bonchev–Trinajstić information content (AvgIpc) is 3.29. The number of anilines is 2. The van der Waals surface area contributed by atoms with E-state index in [1.165, 1.54) is 25.6 Å². The molecule has 1 N–H and O–H groups in total. The summed E-state index contributed by atoms with van der Waals surface area (Å²) in [6, 6.07) is 9.17. The number of benzene rings is 2. The highest BCUT2D eigenvalue weighted by atomic mass is 19.2. The van der Waals surface area contributed by atoms with Gasteiger partial charge in [0.25, 0.3) is 0 Å². The summed E-state index contributed by atoms with van der Waals surface area (Å²) in [6.45, 7) is 2.02. The molecule has 0 aliphatic rings. The number of nitrogens with zero attached hydrogens (tertiary/aromatic N) is 3. The fourth-order valence-electron chi connectivity index (χ4n) is 3.04. The fourth-order valence-corrected chi connectivity index (χ4v) is 3.04. The van der Waals surface area contributed by atoms with Gasteiger partial charge in [0, 0.05) is 11.3 Å². The van der Waals surface area contributed by atoms with E-state index in [1.54, 1.807) is 10.8 Å². The van der Waals surface area contributed by atoms with Crippen LogP contribution in [0.4, 0.5) is 20.4 Å². The first kappa shape index (κ1) is 20.3. The van der Waals surface area contributed by atoms with Crippen LogP contribution >= 0.6 is 0 Å². The molecule has 0 spiro atoms. The van der Waals surface area contributed by atoms with Crippen molar-refractivity contribution in [3.05, 3.63) is 88.2 Å². The number of rotatable bonds is 6. The number of nitrogens with one attached hydrogen (secondary N) is 1. The Hall–Kier alpha value is -4.01. The van der Waals surface area contributed by atoms with Gasteiger partial charge < -0.3 is 19.0 Å². The van der Waals surface area contributed by atoms with Crippen LogP contribution in [0.1, 0.15) is 11.1 Å². The van der Waals surface area contributed by atoms with Gasteiger partial charge in [0.15, 0.2) is 11.6 Å². The van der Waals surface area contributed by atoms with Gasteiger partial charge in [-0.1, -0.05) is 12.1 Å². The topological polar surface area (TPSA) is 82.2 Å². The molecular formula is C22H18F2N4O3. The number of aryl methyl sites for hydroxylation is 1. The molecule has 9 heteroatoms. The fraction of sp³-hybridized carbons (Fsp3) is 0.136. The summed E-state index contributed by atoms with van der Waals surface area (Å²) in [5.74, 6) is -1.20.